The molecule has 130 valence electrons. The molecule has 0 aliphatic carbocycles. The molecule has 1 aliphatic heterocycles. The fourth-order valence-corrected chi connectivity index (χ4v) is 2.59. The van der Waals surface area contributed by atoms with Crippen LogP contribution in [0.5, 0.6) is 0 Å². The highest BCUT2D eigenvalue weighted by Gasteiger charge is 2.40. The number of ether oxygens (including phenoxy) is 2. The molecule has 0 bridgehead atoms. The van der Waals surface area contributed by atoms with Crippen molar-refractivity contribution in [3.63, 3.8) is 0 Å². The second-order valence-corrected chi connectivity index (χ2v) is 5.91. The minimum atomic E-state index is -1.06. The Labute approximate surface area is 133 Å². The first-order valence-corrected chi connectivity index (χ1v) is 8.55. The molecule has 1 heterocycles. The molecule has 3 N–H and O–H groups in total. The van der Waals surface area contributed by atoms with Gasteiger partial charge >= 0.3 is 0 Å². The molecule has 0 aromatic heterocycles. The molecule has 1 saturated heterocycles. The maximum atomic E-state index is 9.95. The normalized spacial score (nSPS) is 26.8. The first-order valence-electron chi connectivity index (χ1n) is 8.55. The number of hydrogen-bond donors (Lipinski definition) is 3. The molecule has 0 radical (unpaired) electrons. The average molecular weight is 316 g/mol. The molecule has 0 aromatic carbocycles. The molecule has 0 unspecified atom stereocenters. The summed E-state index contributed by atoms with van der Waals surface area (Å²) in [4.78, 5) is 0. The van der Waals surface area contributed by atoms with Crippen molar-refractivity contribution in [2.24, 2.45) is 0 Å². The molecule has 0 amide bonds. The Balaban J connectivity index is 2.03. The van der Waals surface area contributed by atoms with Gasteiger partial charge in [0.1, 0.15) is 24.4 Å². The molecular weight excluding hydrogens is 284 g/mol. The lowest BCUT2D eigenvalue weighted by molar-refractivity contribution is -0.0726. The van der Waals surface area contributed by atoms with Gasteiger partial charge in [-0.2, -0.15) is 0 Å². The maximum Gasteiger partial charge on any atom is 0.114 e. The maximum absolute atomic E-state index is 9.95. The largest absolute Gasteiger partial charge is 0.394 e. The molecule has 0 spiro atoms. The van der Waals surface area contributed by atoms with Crippen LogP contribution in [0.15, 0.2) is 12.2 Å². The Morgan fingerprint density at radius 2 is 1.91 bits per heavy atom. The van der Waals surface area contributed by atoms with Gasteiger partial charge in [-0.3, -0.25) is 0 Å². The standard InChI is InChI=1S/C17H32O5/c1-2-3-4-5-6-7-8-9-10-11-21-15-13-22-17(16(15)20)14(19)12-18/h8-9,14-20H,2-7,10-13H2,1H3/b9-8+/t14-,15+,16+,17+/m1/s1. The number of aliphatic hydroxyl groups is 3. The summed E-state index contributed by atoms with van der Waals surface area (Å²) in [6.07, 6.45) is 9.58. The SMILES string of the molecule is CCCCCCC/C=C/CCO[C@H]1CO[C@@H]([C@H](O)CO)[C@H]1O. The van der Waals surface area contributed by atoms with Crippen molar-refractivity contribution in [2.45, 2.75) is 76.3 Å². The van der Waals surface area contributed by atoms with Crippen molar-refractivity contribution >= 4 is 0 Å². The Morgan fingerprint density at radius 1 is 1.18 bits per heavy atom. The number of allylic oxidation sites excluding steroid dienone is 1. The summed E-state index contributed by atoms with van der Waals surface area (Å²) in [5.74, 6) is 0. The van der Waals surface area contributed by atoms with Crippen LogP contribution < -0.4 is 0 Å². The van der Waals surface area contributed by atoms with Gasteiger partial charge in [0.25, 0.3) is 0 Å². The van der Waals surface area contributed by atoms with Crippen molar-refractivity contribution in [3.05, 3.63) is 12.2 Å². The molecule has 22 heavy (non-hydrogen) atoms. The fraction of sp³-hybridized carbons (Fsp3) is 0.882. The Bertz CT molecular complexity index is 295. The summed E-state index contributed by atoms with van der Waals surface area (Å²) in [5, 5.41) is 28.3. The lowest BCUT2D eigenvalue weighted by atomic mass is 10.1. The van der Waals surface area contributed by atoms with E-state index in [4.69, 9.17) is 14.6 Å². The van der Waals surface area contributed by atoms with E-state index in [1.807, 2.05) is 0 Å². The van der Waals surface area contributed by atoms with E-state index in [-0.39, 0.29) is 6.61 Å². The Kier molecular flexibility index (Phi) is 10.7. The van der Waals surface area contributed by atoms with Gasteiger partial charge < -0.3 is 24.8 Å². The van der Waals surface area contributed by atoms with Gasteiger partial charge in [-0.15, -0.1) is 0 Å². The van der Waals surface area contributed by atoms with Crippen LogP contribution in [0.25, 0.3) is 0 Å². The van der Waals surface area contributed by atoms with E-state index in [9.17, 15) is 10.2 Å². The van der Waals surface area contributed by atoms with E-state index >= 15 is 0 Å². The summed E-state index contributed by atoms with van der Waals surface area (Å²) in [5.41, 5.74) is 0. The van der Waals surface area contributed by atoms with Crippen LogP contribution in [0, 0.1) is 0 Å². The molecule has 5 nitrogen and oxygen atoms in total. The van der Waals surface area contributed by atoms with Crippen LogP contribution >= 0.6 is 0 Å². The second kappa shape index (κ2) is 12.0. The van der Waals surface area contributed by atoms with Gasteiger partial charge in [-0.25, -0.2) is 0 Å². The summed E-state index contributed by atoms with van der Waals surface area (Å²) in [6, 6.07) is 0. The van der Waals surface area contributed by atoms with Crippen LogP contribution in [0.3, 0.4) is 0 Å². The van der Waals surface area contributed by atoms with Crippen LogP contribution in [-0.2, 0) is 9.47 Å². The van der Waals surface area contributed by atoms with Crippen LogP contribution in [0.4, 0.5) is 0 Å². The molecule has 0 saturated carbocycles. The van der Waals surface area contributed by atoms with E-state index in [0.29, 0.717) is 6.61 Å². The summed E-state index contributed by atoms with van der Waals surface area (Å²) < 4.78 is 10.9. The molecule has 0 aromatic rings. The van der Waals surface area contributed by atoms with Crippen molar-refractivity contribution < 1.29 is 24.8 Å². The van der Waals surface area contributed by atoms with Gasteiger partial charge in [0.2, 0.25) is 0 Å². The fourth-order valence-electron chi connectivity index (χ4n) is 2.59. The lowest BCUT2D eigenvalue weighted by Crippen LogP contribution is -2.41. The van der Waals surface area contributed by atoms with Crippen molar-refractivity contribution in [1.29, 1.82) is 0 Å². The summed E-state index contributed by atoms with van der Waals surface area (Å²) in [7, 11) is 0. The predicted octanol–water partition coefficient (Wildman–Crippen LogP) is 1.79. The first-order chi connectivity index (χ1) is 10.7. The zero-order valence-corrected chi connectivity index (χ0v) is 13.7. The molecule has 4 atom stereocenters. The molecule has 1 fully saturated rings. The van der Waals surface area contributed by atoms with Gasteiger partial charge in [0.05, 0.1) is 19.8 Å². The third-order valence-electron chi connectivity index (χ3n) is 3.99. The van der Waals surface area contributed by atoms with Gasteiger partial charge in [-0.1, -0.05) is 44.8 Å². The van der Waals surface area contributed by atoms with E-state index < -0.39 is 31.0 Å². The van der Waals surface area contributed by atoms with E-state index in [2.05, 4.69) is 19.1 Å². The van der Waals surface area contributed by atoms with Crippen LogP contribution in [0.2, 0.25) is 0 Å². The average Bonchev–Trinajstić information content (AvgIpc) is 2.89. The third-order valence-corrected chi connectivity index (χ3v) is 3.99. The molecule has 1 rings (SSSR count). The topological polar surface area (TPSA) is 79.2 Å². The zero-order chi connectivity index (χ0) is 16.2. The minimum absolute atomic E-state index is 0.254. The van der Waals surface area contributed by atoms with Crippen LogP contribution in [-0.4, -0.2) is 59.6 Å². The van der Waals surface area contributed by atoms with Gasteiger partial charge in [-0.05, 0) is 19.3 Å². The highest BCUT2D eigenvalue weighted by atomic mass is 16.6. The molecule has 5 heteroatoms. The zero-order valence-electron chi connectivity index (χ0n) is 13.7. The van der Waals surface area contributed by atoms with E-state index in [1.165, 1.54) is 32.1 Å². The number of aliphatic hydroxyl groups excluding tert-OH is 3. The van der Waals surface area contributed by atoms with Gasteiger partial charge in [0.15, 0.2) is 0 Å². The quantitative estimate of drug-likeness (QED) is 0.378. The number of rotatable bonds is 12. The first kappa shape index (κ1) is 19.6. The van der Waals surface area contributed by atoms with Crippen molar-refractivity contribution in [2.75, 3.05) is 19.8 Å². The highest BCUT2D eigenvalue weighted by molar-refractivity contribution is 4.89. The molecular formula is C17H32O5. The minimum Gasteiger partial charge on any atom is -0.394 e. The van der Waals surface area contributed by atoms with Gasteiger partial charge in [0, 0.05) is 0 Å². The van der Waals surface area contributed by atoms with E-state index in [1.54, 1.807) is 0 Å². The monoisotopic (exact) mass is 316 g/mol. The van der Waals surface area contributed by atoms with Crippen molar-refractivity contribution in [3.8, 4) is 0 Å². The molecule has 1 aliphatic rings. The lowest BCUT2D eigenvalue weighted by Gasteiger charge is -2.20. The Morgan fingerprint density at radius 3 is 2.64 bits per heavy atom. The highest BCUT2D eigenvalue weighted by Crippen LogP contribution is 2.20. The smallest absolute Gasteiger partial charge is 0.114 e. The van der Waals surface area contributed by atoms with E-state index in [0.717, 1.165) is 12.8 Å². The van der Waals surface area contributed by atoms with Crippen LogP contribution in [0.1, 0.15) is 51.9 Å². The summed E-state index contributed by atoms with van der Waals surface area (Å²) in [6.45, 7) is 2.58. The number of hydrogen-bond acceptors (Lipinski definition) is 5. The van der Waals surface area contributed by atoms with Crippen molar-refractivity contribution in [1.82, 2.24) is 0 Å². The summed E-state index contributed by atoms with van der Waals surface area (Å²) >= 11 is 0. The third kappa shape index (κ3) is 7.20. The predicted molar refractivity (Wildman–Crippen MR) is 85.7 cm³/mol. The second-order valence-electron chi connectivity index (χ2n) is 5.91. The number of unbranched alkanes of at least 4 members (excludes halogenated alkanes) is 5. The Hall–Kier alpha value is -0.460.